The number of sulfonamides is 1. The molecule has 32 heavy (non-hydrogen) atoms. The third-order valence-electron chi connectivity index (χ3n) is 4.60. The number of nitrogens with one attached hydrogen (secondary N) is 1. The van der Waals surface area contributed by atoms with Crippen molar-refractivity contribution in [3.63, 3.8) is 0 Å². The van der Waals surface area contributed by atoms with Crippen molar-refractivity contribution in [2.75, 3.05) is 6.54 Å². The number of carbonyl (C=O) groups is 1. The number of carbonyl (C=O) groups excluding carboxylic acids is 1. The molecule has 0 radical (unpaired) electrons. The van der Waals surface area contributed by atoms with E-state index in [0.29, 0.717) is 15.6 Å². The molecule has 0 atom stereocenters. The van der Waals surface area contributed by atoms with Crippen molar-refractivity contribution < 1.29 is 17.6 Å². The Balaban J connectivity index is 1.87. The minimum atomic E-state index is -4.17. The van der Waals surface area contributed by atoms with Crippen molar-refractivity contribution in [2.24, 2.45) is 0 Å². The Bertz CT molecular complexity index is 1200. The topological polar surface area (TPSA) is 66.5 Å². The fourth-order valence-electron chi connectivity index (χ4n) is 2.89. The number of benzene rings is 3. The lowest BCUT2D eigenvalue weighted by atomic mass is 10.2. The molecule has 0 aliphatic carbocycles. The third-order valence-corrected chi connectivity index (χ3v) is 7.38. The van der Waals surface area contributed by atoms with Gasteiger partial charge in [-0.2, -0.15) is 4.31 Å². The molecule has 0 aliphatic heterocycles. The minimum absolute atomic E-state index is 0.0365. The summed E-state index contributed by atoms with van der Waals surface area (Å²) in [6.07, 6.45) is 0. The Morgan fingerprint density at radius 3 is 2.22 bits per heavy atom. The van der Waals surface area contributed by atoms with Gasteiger partial charge in [-0.1, -0.05) is 59.1 Å². The van der Waals surface area contributed by atoms with Crippen LogP contribution >= 0.6 is 34.8 Å². The SMILES string of the molecule is O=C(CN(Cc1c(F)cccc1Cl)S(=O)(=O)c1ccc(Cl)cc1)NCc1ccccc1Cl. The van der Waals surface area contributed by atoms with Crippen molar-refractivity contribution in [1.29, 1.82) is 0 Å². The molecule has 0 aliphatic rings. The first-order valence-corrected chi connectivity index (χ1v) is 11.9. The molecule has 0 fully saturated rings. The van der Waals surface area contributed by atoms with Gasteiger partial charge in [-0.15, -0.1) is 0 Å². The zero-order chi connectivity index (χ0) is 23.3. The van der Waals surface area contributed by atoms with E-state index in [2.05, 4.69) is 5.32 Å². The molecular formula is C22H18Cl3FN2O3S. The molecule has 0 aromatic heterocycles. The fourth-order valence-corrected chi connectivity index (χ4v) is 4.81. The molecule has 0 saturated carbocycles. The van der Waals surface area contributed by atoms with Gasteiger partial charge in [0.05, 0.1) is 11.4 Å². The van der Waals surface area contributed by atoms with Crippen molar-refractivity contribution in [2.45, 2.75) is 18.0 Å². The second kappa shape index (κ2) is 10.6. The van der Waals surface area contributed by atoms with Crippen molar-refractivity contribution in [3.8, 4) is 0 Å². The largest absolute Gasteiger partial charge is 0.351 e. The van der Waals surface area contributed by atoms with Crippen molar-refractivity contribution in [1.82, 2.24) is 9.62 Å². The van der Waals surface area contributed by atoms with Crippen LogP contribution in [0.4, 0.5) is 4.39 Å². The van der Waals surface area contributed by atoms with Gasteiger partial charge in [0.2, 0.25) is 15.9 Å². The van der Waals surface area contributed by atoms with E-state index >= 15 is 0 Å². The summed E-state index contributed by atoms with van der Waals surface area (Å²) in [5.41, 5.74) is 0.636. The van der Waals surface area contributed by atoms with Crippen LogP contribution in [0.15, 0.2) is 71.6 Å². The average Bonchev–Trinajstić information content (AvgIpc) is 2.75. The summed E-state index contributed by atoms with van der Waals surface area (Å²) in [5.74, 6) is -1.26. The van der Waals surface area contributed by atoms with Crippen LogP contribution in [0.1, 0.15) is 11.1 Å². The summed E-state index contributed by atoms with van der Waals surface area (Å²) >= 11 is 18.0. The molecule has 168 valence electrons. The monoisotopic (exact) mass is 514 g/mol. The average molecular weight is 516 g/mol. The number of amides is 1. The third kappa shape index (κ3) is 5.99. The fraction of sp³-hybridized carbons (Fsp3) is 0.136. The highest BCUT2D eigenvalue weighted by Gasteiger charge is 2.28. The van der Waals surface area contributed by atoms with Gasteiger partial charge in [0.15, 0.2) is 0 Å². The molecule has 0 spiro atoms. The van der Waals surface area contributed by atoms with Crippen LogP contribution in [-0.2, 0) is 27.9 Å². The molecule has 3 aromatic carbocycles. The molecule has 0 bridgehead atoms. The maximum Gasteiger partial charge on any atom is 0.243 e. The van der Waals surface area contributed by atoms with Crippen LogP contribution in [0, 0.1) is 5.82 Å². The lowest BCUT2D eigenvalue weighted by Gasteiger charge is -2.23. The van der Waals surface area contributed by atoms with E-state index in [4.69, 9.17) is 34.8 Å². The second-order valence-corrected chi connectivity index (χ2v) is 9.98. The zero-order valence-electron chi connectivity index (χ0n) is 16.6. The molecule has 3 rings (SSSR count). The first kappa shape index (κ1) is 24.5. The first-order chi connectivity index (χ1) is 15.2. The zero-order valence-corrected chi connectivity index (χ0v) is 19.6. The van der Waals surface area contributed by atoms with Gasteiger partial charge in [0, 0.05) is 33.7 Å². The van der Waals surface area contributed by atoms with Gasteiger partial charge < -0.3 is 5.32 Å². The molecule has 0 heterocycles. The number of halogens is 4. The molecular weight excluding hydrogens is 498 g/mol. The first-order valence-electron chi connectivity index (χ1n) is 9.37. The van der Waals surface area contributed by atoms with Gasteiger partial charge in [-0.05, 0) is 48.0 Å². The van der Waals surface area contributed by atoms with Gasteiger partial charge in [-0.25, -0.2) is 12.8 Å². The second-order valence-electron chi connectivity index (χ2n) is 6.80. The Morgan fingerprint density at radius 1 is 0.906 bits per heavy atom. The highest BCUT2D eigenvalue weighted by Crippen LogP contribution is 2.25. The van der Waals surface area contributed by atoms with Crippen LogP contribution in [0.3, 0.4) is 0 Å². The van der Waals surface area contributed by atoms with E-state index in [1.807, 2.05) is 0 Å². The lowest BCUT2D eigenvalue weighted by molar-refractivity contribution is -0.121. The Morgan fingerprint density at radius 2 is 1.56 bits per heavy atom. The molecule has 5 nitrogen and oxygen atoms in total. The summed E-state index contributed by atoms with van der Waals surface area (Å²) < 4.78 is 41.7. The van der Waals surface area contributed by atoms with Gasteiger partial charge in [0.1, 0.15) is 5.82 Å². The van der Waals surface area contributed by atoms with E-state index in [0.717, 1.165) is 4.31 Å². The van der Waals surface area contributed by atoms with Gasteiger partial charge in [0.25, 0.3) is 0 Å². The van der Waals surface area contributed by atoms with Crippen molar-refractivity contribution >= 4 is 50.7 Å². The highest BCUT2D eigenvalue weighted by molar-refractivity contribution is 7.89. The van der Waals surface area contributed by atoms with Crippen LogP contribution in [0.5, 0.6) is 0 Å². The summed E-state index contributed by atoms with van der Waals surface area (Å²) in [6.45, 7) is -0.885. The predicted octanol–water partition coefficient (Wildman–Crippen LogP) is 5.29. The number of hydrogen-bond acceptors (Lipinski definition) is 3. The Labute approximate surface area is 200 Å². The van der Waals surface area contributed by atoms with Crippen LogP contribution < -0.4 is 5.32 Å². The summed E-state index contributed by atoms with van der Waals surface area (Å²) in [6, 6.07) is 16.4. The van der Waals surface area contributed by atoms with Crippen molar-refractivity contribution in [3.05, 3.63) is 98.7 Å². The Hall–Kier alpha value is -2.16. The van der Waals surface area contributed by atoms with Gasteiger partial charge in [-0.3, -0.25) is 4.79 Å². The van der Waals surface area contributed by atoms with E-state index in [9.17, 15) is 17.6 Å². The Kier molecular flexibility index (Phi) is 8.14. The summed E-state index contributed by atoms with van der Waals surface area (Å²) in [5, 5.41) is 3.52. The van der Waals surface area contributed by atoms with E-state index in [1.54, 1.807) is 24.3 Å². The maximum absolute atomic E-state index is 14.4. The number of hydrogen-bond donors (Lipinski definition) is 1. The number of nitrogens with zero attached hydrogens (tertiary/aromatic N) is 1. The molecule has 0 saturated heterocycles. The predicted molar refractivity (Wildman–Crippen MR) is 124 cm³/mol. The molecule has 1 amide bonds. The molecule has 10 heteroatoms. The summed E-state index contributed by atoms with van der Waals surface area (Å²) in [4.78, 5) is 12.5. The highest BCUT2D eigenvalue weighted by atomic mass is 35.5. The minimum Gasteiger partial charge on any atom is -0.351 e. The summed E-state index contributed by atoms with van der Waals surface area (Å²) in [7, 11) is -4.17. The van der Waals surface area contributed by atoms with Crippen LogP contribution in [0.25, 0.3) is 0 Å². The molecule has 3 aromatic rings. The lowest BCUT2D eigenvalue weighted by Crippen LogP contribution is -2.40. The maximum atomic E-state index is 14.4. The number of rotatable bonds is 8. The standard InChI is InChI=1S/C22H18Cl3FN2O3S/c23-16-8-10-17(11-9-16)32(30,31)28(13-18-20(25)6-3-7-21(18)26)14-22(29)27-12-15-4-1-2-5-19(15)24/h1-11H,12-14H2,(H,27,29). The smallest absolute Gasteiger partial charge is 0.243 e. The van der Waals surface area contributed by atoms with E-state index in [-0.39, 0.29) is 22.0 Å². The quantitative estimate of drug-likeness (QED) is 0.443. The van der Waals surface area contributed by atoms with E-state index < -0.39 is 34.8 Å². The normalized spacial score (nSPS) is 11.5. The van der Waals surface area contributed by atoms with Crippen LogP contribution in [0.2, 0.25) is 15.1 Å². The van der Waals surface area contributed by atoms with Crippen LogP contribution in [-0.4, -0.2) is 25.2 Å². The van der Waals surface area contributed by atoms with Gasteiger partial charge >= 0.3 is 0 Å². The van der Waals surface area contributed by atoms with E-state index in [1.165, 1.54) is 42.5 Å². The molecule has 0 unspecified atom stereocenters. The molecule has 1 N–H and O–H groups in total.